The number of nitrogens with zero attached hydrogens (tertiary/aromatic N) is 2. The molecule has 21 heavy (non-hydrogen) atoms. The van der Waals surface area contributed by atoms with Gasteiger partial charge in [-0.05, 0) is 25.5 Å². The van der Waals surface area contributed by atoms with Crippen LogP contribution < -0.4 is 16.6 Å². The molecule has 1 aliphatic rings. The van der Waals surface area contributed by atoms with Gasteiger partial charge in [-0.1, -0.05) is 6.07 Å². The van der Waals surface area contributed by atoms with Crippen molar-refractivity contribution in [3.05, 3.63) is 34.4 Å². The minimum absolute atomic E-state index is 0.206. The van der Waals surface area contributed by atoms with E-state index in [0.717, 1.165) is 0 Å². The van der Waals surface area contributed by atoms with Gasteiger partial charge in [0, 0.05) is 6.42 Å². The fraction of sp³-hybridized carbons (Fsp3) is 0.286. The molecule has 0 bridgehead atoms. The van der Waals surface area contributed by atoms with Gasteiger partial charge in [-0.2, -0.15) is 0 Å². The van der Waals surface area contributed by atoms with Gasteiger partial charge in [0.05, 0.1) is 11.1 Å². The highest BCUT2D eigenvalue weighted by atomic mass is 16.2. The van der Waals surface area contributed by atoms with Crippen LogP contribution in [0.3, 0.4) is 0 Å². The number of carbonyl (C=O) groups is 2. The first-order chi connectivity index (χ1) is 9.99. The summed E-state index contributed by atoms with van der Waals surface area (Å²) in [6.45, 7) is 1.65. The number of hydrogen-bond donors (Lipinski definition) is 2. The Hall–Kier alpha value is -2.70. The standard InChI is InChI=1S/C14H14N4O3/c1-7-16-12-8(3-2-4-9(12)15)14(21)18(7)10-5-6-11(19)17-13(10)20/h2-4,10H,5-6,15H2,1H3,(H,17,19,20). The summed E-state index contributed by atoms with van der Waals surface area (Å²) in [5.74, 6) is -0.388. The molecule has 0 radical (unpaired) electrons. The van der Waals surface area contributed by atoms with Crippen LogP contribution in [0, 0.1) is 6.92 Å². The number of para-hydroxylation sites is 1. The molecule has 2 heterocycles. The fourth-order valence-corrected chi connectivity index (χ4v) is 2.65. The number of fused-ring (bicyclic) bond motifs is 1. The third-order valence-corrected chi connectivity index (χ3v) is 3.66. The van der Waals surface area contributed by atoms with E-state index in [1.165, 1.54) is 4.57 Å². The Morgan fingerprint density at radius 1 is 1.33 bits per heavy atom. The Bertz CT molecular complexity index is 825. The summed E-state index contributed by atoms with van der Waals surface area (Å²) in [4.78, 5) is 40.2. The quantitative estimate of drug-likeness (QED) is 0.578. The van der Waals surface area contributed by atoms with Crippen molar-refractivity contribution in [2.75, 3.05) is 5.73 Å². The van der Waals surface area contributed by atoms with Crippen LogP contribution in [0.2, 0.25) is 0 Å². The van der Waals surface area contributed by atoms with Crippen molar-refractivity contribution in [2.24, 2.45) is 0 Å². The van der Waals surface area contributed by atoms with Crippen molar-refractivity contribution in [2.45, 2.75) is 25.8 Å². The number of nitrogens with one attached hydrogen (secondary N) is 1. The zero-order valence-corrected chi connectivity index (χ0v) is 11.4. The van der Waals surface area contributed by atoms with E-state index in [-0.39, 0.29) is 17.9 Å². The number of nitrogens with two attached hydrogens (primary N) is 1. The molecule has 0 spiro atoms. The van der Waals surface area contributed by atoms with Crippen LogP contribution in [-0.2, 0) is 9.59 Å². The number of carbonyl (C=O) groups excluding carboxylic acids is 2. The summed E-state index contributed by atoms with van der Waals surface area (Å²) >= 11 is 0. The van der Waals surface area contributed by atoms with Crippen molar-refractivity contribution in [1.29, 1.82) is 0 Å². The van der Waals surface area contributed by atoms with E-state index < -0.39 is 11.9 Å². The largest absolute Gasteiger partial charge is 0.397 e. The highest BCUT2D eigenvalue weighted by molar-refractivity contribution is 5.99. The zero-order chi connectivity index (χ0) is 15.1. The number of anilines is 1. The Morgan fingerprint density at radius 3 is 2.81 bits per heavy atom. The molecule has 3 rings (SSSR count). The Morgan fingerprint density at radius 2 is 2.10 bits per heavy atom. The van der Waals surface area contributed by atoms with Gasteiger partial charge in [0.1, 0.15) is 17.4 Å². The number of imide groups is 1. The second-order valence-electron chi connectivity index (χ2n) is 5.04. The summed E-state index contributed by atoms with van der Waals surface area (Å²) in [5, 5.41) is 2.62. The first-order valence-corrected chi connectivity index (χ1v) is 6.60. The van der Waals surface area contributed by atoms with Crippen LogP contribution >= 0.6 is 0 Å². The summed E-state index contributed by atoms with van der Waals surface area (Å²) in [6, 6.07) is 4.26. The van der Waals surface area contributed by atoms with E-state index in [0.29, 0.717) is 28.8 Å². The molecule has 1 fully saturated rings. The predicted octanol–water partition coefficient (Wildman–Crippen LogP) is 0.265. The van der Waals surface area contributed by atoms with Gasteiger partial charge < -0.3 is 5.73 Å². The summed E-state index contributed by atoms with van der Waals surface area (Å²) in [6.07, 6.45) is 0.498. The summed E-state index contributed by atoms with van der Waals surface area (Å²) in [7, 11) is 0. The Labute approximate surface area is 119 Å². The molecule has 2 amide bonds. The number of amides is 2. The van der Waals surface area contributed by atoms with Crippen molar-refractivity contribution >= 4 is 28.4 Å². The average Bonchev–Trinajstić information content (AvgIpc) is 2.42. The normalized spacial score (nSPS) is 18.8. The average molecular weight is 286 g/mol. The van der Waals surface area contributed by atoms with Gasteiger partial charge in [0.2, 0.25) is 11.8 Å². The molecule has 1 atom stereocenters. The number of nitrogen functional groups attached to an aromatic ring is 1. The molecule has 2 aromatic rings. The molecule has 7 nitrogen and oxygen atoms in total. The highest BCUT2D eigenvalue weighted by Crippen LogP contribution is 2.21. The second-order valence-corrected chi connectivity index (χ2v) is 5.04. The fourth-order valence-electron chi connectivity index (χ4n) is 2.65. The van der Waals surface area contributed by atoms with Crippen molar-refractivity contribution in [3.63, 3.8) is 0 Å². The maximum absolute atomic E-state index is 12.6. The zero-order valence-electron chi connectivity index (χ0n) is 11.4. The third-order valence-electron chi connectivity index (χ3n) is 3.66. The molecule has 1 aromatic carbocycles. The Balaban J connectivity index is 2.22. The van der Waals surface area contributed by atoms with Crippen LogP contribution in [0.15, 0.2) is 23.0 Å². The van der Waals surface area contributed by atoms with Gasteiger partial charge in [-0.15, -0.1) is 0 Å². The molecule has 3 N–H and O–H groups in total. The van der Waals surface area contributed by atoms with Crippen LogP contribution in [0.5, 0.6) is 0 Å². The first-order valence-electron chi connectivity index (χ1n) is 6.60. The molecule has 1 unspecified atom stereocenters. The number of rotatable bonds is 1. The van der Waals surface area contributed by atoms with Crippen LogP contribution in [0.1, 0.15) is 24.7 Å². The maximum Gasteiger partial charge on any atom is 0.262 e. The van der Waals surface area contributed by atoms with Crippen molar-refractivity contribution in [3.8, 4) is 0 Å². The minimum atomic E-state index is -0.714. The first kappa shape index (κ1) is 13.3. The van der Waals surface area contributed by atoms with E-state index in [1.807, 2.05) is 0 Å². The van der Waals surface area contributed by atoms with Gasteiger partial charge >= 0.3 is 0 Å². The molecule has 1 saturated heterocycles. The molecule has 1 aliphatic heterocycles. The second kappa shape index (κ2) is 4.69. The third kappa shape index (κ3) is 2.06. The van der Waals surface area contributed by atoms with E-state index in [9.17, 15) is 14.4 Å². The van der Waals surface area contributed by atoms with Gasteiger partial charge in [0.15, 0.2) is 0 Å². The number of hydrogen-bond acceptors (Lipinski definition) is 5. The Kier molecular flexibility index (Phi) is 2.97. The minimum Gasteiger partial charge on any atom is -0.397 e. The molecule has 0 saturated carbocycles. The SMILES string of the molecule is Cc1nc2c(N)cccc2c(=O)n1C1CCC(=O)NC1=O. The van der Waals surface area contributed by atoms with Gasteiger partial charge in [0.25, 0.3) is 5.56 Å². The number of piperidine rings is 1. The number of benzene rings is 1. The lowest BCUT2D eigenvalue weighted by atomic mass is 10.1. The molecule has 7 heteroatoms. The lowest BCUT2D eigenvalue weighted by Crippen LogP contribution is -2.45. The van der Waals surface area contributed by atoms with Crippen LogP contribution in [-0.4, -0.2) is 21.4 Å². The van der Waals surface area contributed by atoms with E-state index in [2.05, 4.69) is 10.3 Å². The molecule has 1 aromatic heterocycles. The number of aryl methyl sites for hydroxylation is 1. The number of aromatic nitrogens is 2. The van der Waals surface area contributed by atoms with Crippen molar-refractivity contribution in [1.82, 2.24) is 14.9 Å². The molecule has 108 valence electrons. The van der Waals surface area contributed by atoms with Crippen LogP contribution in [0.25, 0.3) is 10.9 Å². The van der Waals surface area contributed by atoms with E-state index in [4.69, 9.17) is 5.73 Å². The smallest absolute Gasteiger partial charge is 0.262 e. The molecular weight excluding hydrogens is 272 g/mol. The molecular formula is C14H14N4O3. The van der Waals surface area contributed by atoms with Crippen molar-refractivity contribution < 1.29 is 9.59 Å². The van der Waals surface area contributed by atoms with E-state index in [1.54, 1.807) is 25.1 Å². The predicted molar refractivity (Wildman–Crippen MR) is 76.6 cm³/mol. The summed E-state index contributed by atoms with van der Waals surface area (Å²) in [5.41, 5.74) is 6.37. The lowest BCUT2D eigenvalue weighted by molar-refractivity contribution is -0.135. The molecule has 0 aliphatic carbocycles. The topological polar surface area (TPSA) is 107 Å². The van der Waals surface area contributed by atoms with E-state index >= 15 is 0 Å². The maximum atomic E-state index is 12.6. The van der Waals surface area contributed by atoms with Gasteiger partial charge in [-0.25, -0.2) is 4.98 Å². The van der Waals surface area contributed by atoms with Gasteiger partial charge in [-0.3, -0.25) is 24.3 Å². The monoisotopic (exact) mass is 286 g/mol. The summed E-state index contributed by atoms with van der Waals surface area (Å²) < 4.78 is 1.34. The highest BCUT2D eigenvalue weighted by Gasteiger charge is 2.30. The van der Waals surface area contributed by atoms with Crippen LogP contribution in [0.4, 0.5) is 5.69 Å². The lowest BCUT2D eigenvalue weighted by Gasteiger charge is -2.24.